The van der Waals surface area contributed by atoms with Crippen molar-refractivity contribution in [2.45, 2.75) is 10.2 Å². The van der Waals surface area contributed by atoms with Gasteiger partial charge < -0.3 is 4.74 Å². The van der Waals surface area contributed by atoms with Crippen LogP contribution in [0.4, 0.5) is 4.39 Å². The summed E-state index contributed by atoms with van der Waals surface area (Å²) >= 11 is 1.30. The van der Waals surface area contributed by atoms with Gasteiger partial charge in [0.25, 0.3) is 0 Å². The molecule has 0 saturated heterocycles. The van der Waals surface area contributed by atoms with Crippen LogP contribution in [-0.2, 0) is 0 Å². The molecule has 3 aromatic heterocycles. The Labute approximate surface area is 181 Å². The molecule has 0 bridgehead atoms. The maximum Gasteiger partial charge on any atom is 0.202 e. The SMILES string of the molecule is COc1ccc(-n2c(Sc3ncnc4ccc(F)cc34)nnc2-c2ccncc2)cc1. The van der Waals surface area contributed by atoms with Crippen LogP contribution >= 0.6 is 11.8 Å². The van der Waals surface area contributed by atoms with E-state index in [0.29, 0.717) is 26.9 Å². The van der Waals surface area contributed by atoms with E-state index in [1.807, 2.05) is 41.0 Å². The number of hydrogen-bond donors (Lipinski definition) is 0. The quantitative estimate of drug-likeness (QED) is 0.378. The average Bonchev–Trinajstić information content (AvgIpc) is 3.23. The normalized spacial score (nSPS) is 11.0. The molecule has 5 rings (SSSR count). The second-order valence-corrected chi connectivity index (χ2v) is 7.47. The van der Waals surface area contributed by atoms with E-state index in [9.17, 15) is 4.39 Å². The van der Waals surface area contributed by atoms with Crippen LogP contribution in [0.5, 0.6) is 5.75 Å². The molecule has 0 radical (unpaired) electrons. The number of rotatable bonds is 5. The predicted octanol–water partition coefficient (Wildman–Crippen LogP) is 4.57. The van der Waals surface area contributed by atoms with Crippen LogP contribution in [0.3, 0.4) is 0 Å². The lowest BCUT2D eigenvalue weighted by Gasteiger charge is -2.11. The fourth-order valence-corrected chi connectivity index (χ4v) is 4.07. The Morgan fingerprint density at radius 1 is 0.935 bits per heavy atom. The van der Waals surface area contributed by atoms with Gasteiger partial charge in [0.15, 0.2) is 5.82 Å². The van der Waals surface area contributed by atoms with Gasteiger partial charge in [-0.05, 0) is 66.4 Å². The van der Waals surface area contributed by atoms with Crippen molar-refractivity contribution in [2.75, 3.05) is 7.11 Å². The van der Waals surface area contributed by atoms with Gasteiger partial charge in [0.1, 0.15) is 22.9 Å². The minimum atomic E-state index is -0.349. The molecule has 0 aliphatic rings. The monoisotopic (exact) mass is 430 g/mol. The van der Waals surface area contributed by atoms with Crippen molar-refractivity contribution in [1.29, 1.82) is 0 Å². The summed E-state index contributed by atoms with van der Waals surface area (Å²) in [7, 11) is 1.62. The van der Waals surface area contributed by atoms with Crippen LogP contribution in [0, 0.1) is 5.82 Å². The number of nitrogens with zero attached hydrogens (tertiary/aromatic N) is 6. The number of methoxy groups -OCH3 is 1. The molecule has 0 N–H and O–H groups in total. The first-order chi connectivity index (χ1) is 15.2. The Balaban J connectivity index is 1.66. The minimum absolute atomic E-state index is 0.349. The van der Waals surface area contributed by atoms with Gasteiger partial charge in [0, 0.05) is 23.3 Å². The first kappa shape index (κ1) is 19.1. The molecular weight excluding hydrogens is 415 g/mol. The fourth-order valence-electron chi connectivity index (χ4n) is 3.16. The summed E-state index contributed by atoms with van der Waals surface area (Å²) in [6.45, 7) is 0. The van der Waals surface area contributed by atoms with Crippen molar-refractivity contribution >= 4 is 22.7 Å². The number of ether oxygens (including phenoxy) is 1. The first-order valence-corrected chi connectivity index (χ1v) is 10.1. The van der Waals surface area contributed by atoms with Crippen molar-refractivity contribution in [3.63, 3.8) is 0 Å². The van der Waals surface area contributed by atoms with Crippen molar-refractivity contribution in [3.05, 3.63) is 79.1 Å². The molecule has 3 heterocycles. The summed E-state index contributed by atoms with van der Waals surface area (Å²) in [6, 6.07) is 15.8. The molecular formula is C22H15FN6OS. The number of benzene rings is 2. The Morgan fingerprint density at radius 2 is 1.74 bits per heavy atom. The Hall–Kier alpha value is -3.85. The summed E-state index contributed by atoms with van der Waals surface area (Å²) in [5.74, 6) is 1.05. The molecule has 0 aliphatic heterocycles. The fraction of sp³-hybridized carbons (Fsp3) is 0.0455. The van der Waals surface area contributed by atoms with Gasteiger partial charge in [-0.1, -0.05) is 0 Å². The summed E-state index contributed by atoms with van der Waals surface area (Å²) in [6.07, 6.45) is 4.87. The highest BCUT2D eigenvalue weighted by Gasteiger charge is 2.19. The topological polar surface area (TPSA) is 78.6 Å². The first-order valence-electron chi connectivity index (χ1n) is 9.31. The van der Waals surface area contributed by atoms with Crippen molar-refractivity contribution in [1.82, 2.24) is 29.7 Å². The zero-order valence-electron chi connectivity index (χ0n) is 16.3. The Bertz CT molecular complexity index is 1360. The number of aromatic nitrogens is 6. The summed E-state index contributed by atoms with van der Waals surface area (Å²) in [4.78, 5) is 12.7. The molecule has 152 valence electrons. The van der Waals surface area contributed by atoms with Crippen LogP contribution in [0.25, 0.3) is 28.0 Å². The van der Waals surface area contributed by atoms with Gasteiger partial charge in [-0.3, -0.25) is 9.55 Å². The van der Waals surface area contributed by atoms with Gasteiger partial charge >= 0.3 is 0 Å². The molecule has 2 aromatic carbocycles. The maximum absolute atomic E-state index is 13.9. The molecule has 0 fully saturated rings. The van der Waals surface area contributed by atoms with Gasteiger partial charge in [0.05, 0.1) is 18.3 Å². The highest BCUT2D eigenvalue weighted by atomic mass is 32.2. The van der Waals surface area contributed by atoms with Gasteiger partial charge in [-0.2, -0.15) is 0 Å². The Morgan fingerprint density at radius 3 is 2.52 bits per heavy atom. The molecule has 0 amide bonds. The van der Waals surface area contributed by atoms with Crippen LogP contribution < -0.4 is 4.74 Å². The molecule has 0 spiro atoms. The zero-order chi connectivity index (χ0) is 21.2. The second-order valence-electron chi connectivity index (χ2n) is 6.52. The van der Waals surface area contributed by atoms with Crippen LogP contribution in [0.2, 0.25) is 0 Å². The van der Waals surface area contributed by atoms with Crippen molar-refractivity contribution in [2.24, 2.45) is 0 Å². The standard InChI is InChI=1S/C22H15FN6OS/c1-30-17-5-3-16(4-6-17)29-20(14-8-10-24-11-9-14)27-28-22(29)31-21-18-12-15(23)2-7-19(18)25-13-26-21/h2-13H,1H3. The summed E-state index contributed by atoms with van der Waals surface area (Å²) in [5.41, 5.74) is 2.37. The number of pyridine rings is 1. The zero-order valence-corrected chi connectivity index (χ0v) is 17.1. The van der Waals surface area contributed by atoms with Crippen LogP contribution in [0.1, 0.15) is 0 Å². The molecule has 0 saturated carbocycles. The average molecular weight is 430 g/mol. The van der Waals surface area contributed by atoms with E-state index in [1.54, 1.807) is 25.6 Å². The smallest absolute Gasteiger partial charge is 0.202 e. The maximum atomic E-state index is 13.9. The lowest BCUT2D eigenvalue weighted by atomic mass is 10.2. The molecule has 7 nitrogen and oxygen atoms in total. The molecule has 9 heteroatoms. The van der Waals surface area contributed by atoms with E-state index in [4.69, 9.17) is 4.74 Å². The highest BCUT2D eigenvalue weighted by molar-refractivity contribution is 7.99. The van der Waals surface area contributed by atoms with Gasteiger partial charge in [-0.15, -0.1) is 10.2 Å². The lowest BCUT2D eigenvalue weighted by molar-refractivity contribution is 0.414. The molecule has 31 heavy (non-hydrogen) atoms. The molecule has 0 atom stereocenters. The third-order valence-corrected chi connectivity index (χ3v) is 5.62. The largest absolute Gasteiger partial charge is 0.497 e. The lowest BCUT2D eigenvalue weighted by Crippen LogP contribution is -2.00. The van der Waals surface area contributed by atoms with E-state index in [-0.39, 0.29) is 5.82 Å². The number of halogens is 1. The molecule has 0 aliphatic carbocycles. The third kappa shape index (κ3) is 3.71. The number of fused-ring (bicyclic) bond motifs is 1. The summed E-state index contributed by atoms with van der Waals surface area (Å²) in [5, 5.41) is 10.6. The second kappa shape index (κ2) is 8.11. The van der Waals surface area contributed by atoms with Gasteiger partial charge in [0.2, 0.25) is 5.16 Å². The Kier molecular flexibility index (Phi) is 5.01. The van der Waals surface area contributed by atoms with Crippen LogP contribution in [0.15, 0.2) is 83.5 Å². The van der Waals surface area contributed by atoms with E-state index in [1.165, 1.54) is 30.2 Å². The summed E-state index contributed by atoms with van der Waals surface area (Å²) < 4.78 is 21.1. The minimum Gasteiger partial charge on any atom is -0.497 e. The van der Waals surface area contributed by atoms with Crippen LogP contribution in [-0.4, -0.2) is 36.8 Å². The predicted molar refractivity (Wildman–Crippen MR) is 115 cm³/mol. The number of hydrogen-bond acceptors (Lipinski definition) is 7. The van der Waals surface area contributed by atoms with Crippen molar-refractivity contribution < 1.29 is 9.13 Å². The molecule has 5 aromatic rings. The third-order valence-electron chi connectivity index (χ3n) is 4.65. The highest BCUT2D eigenvalue weighted by Crippen LogP contribution is 2.34. The van der Waals surface area contributed by atoms with E-state index < -0.39 is 0 Å². The van der Waals surface area contributed by atoms with E-state index in [0.717, 1.165) is 17.0 Å². The molecule has 0 unspecified atom stereocenters. The van der Waals surface area contributed by atoms with Gasteiger partial charge in [-0.25, -0.2) is 14.4 Å². The van der Waals surface area contributed by atoms with E-state index >= 15 is 0 Å². The van der Waals surface area contributed by atoms with E-state index in [2.05, 4.69) is 25.1 Å². The van der Waals surface area contributed by atoms with Crippen molar-refractivity contribution in [3.8, 4) is 22.8 Å².